The molecule has 0 saturated carbocycles. The minimum atomic E-state index is -1.52. The normalized spacial score (nSPS) is 16.3. The molecule has 0 fully saturated rings. The number of fused-ring (bicyclic) bond motifs is 2. The van der Waals surface area contributed by atoms with Crippen molar-refractivity contribution in [3.63, 3.8) is 0 Å². The molecule has 0 saturated heterocycles. The second-order valence-electron chi connectivity index (χ2n) is 5.22. The van der Waals surface area contributed by atoms with Crippen molar-refractivity contribution in [2.24, 2.45) is 0 Å². The van der Waals surface area contributed by atoms with Gasteiger partial charge in [-0.2, -0.15) is 0 Å². The molecule has 0 N–H and O–H groups in total. The highest BCUT2D eigenvalue weighted by molar-refractivity contribution is 7.02. The zero-order chi connectivity index (χ0) is 12.0. The zero-order valence-corrected chi connectivity index (χ0v) is 11.6. The number of para-hydroxylation sites is 2. The van der Waals surface area contributed by atoms with Gasteiger partial charge in [0.15, 0.2) is 0 Å². The minimum Gasteiger partial charge on any atom is -0.345 e. The van der Waals surface area contributed by atoms with Crippen molar-refractivity contribution < 1.29 is 0 Å². The predicted molar refractivity (Wildman–Crippen MR) is 77.7 cm³/mol. The molecular weight excluding hydrogens is 222 g/mol. The smallest absolute Gasteiger partial charge is 0.117 e. The second kappa shape index (κ2) is 3.47. The Kier molecular flexibility index (Phi) is 2.17. The molecule has 0 bridgehead atoms. The van der Waals surface area contributed by atoms with Crippen LogP contribution in [0, 0.1) is 0 Å². The van der Waals surface area contributed by atoms with E-state index in [1.807, 2.05) is 0 Å². The average Bonchev–Trinajstić information content (AvgIpc) is 2.37. The number of anilines is 2. The lowest BCUT2D eigenvalue weighted by atomic mass is 10.2. The first kappa shape index (κ1) is 10.6. The van der Waals surface area contributed by atoms with Crippen LogP contribution in [0.4, 0.5) is 11.4 Å². The third-order valence-electron chi connectivity index (χ3n) is 3.88. The van der Waals surface area contributed by atoms with Crippen molar-refractivity contribution in [1.29, 1.82) is 0 Å². The van der Waals surface area contributed by atoms with Gasteiger partial charge in [0.2, 0.25) is 0 Å². The summed E-state index contributed by atoms with van der Waals surface area (Å²) in [6, 6.07) is 17.7. The number of rotatable bonds is 0. The van der Waals surface area contributed by atoms with Crippen LogP contribution in [0.1, 0.15) is 0 Å². The highest BCUT2D eigenvalue weighted by Crippen LogP contribution is 2.29. The molecule has 1 nitrogen and oxygen atoms in total. The summed E-state index contributed by atoms with van der Waals surface area (Å²) in [6.07, 6.45) is 0. The van der Waals surface area contributed by atoms with Gasteiger partial charge in [-0.05, 0) is 22.5 Å². The summed E-state index contributed by atoms with van der Waals surface area (Å²) >= 11 is 0. The largest absolute Gasteiger partial charge is 0.345 e. The van der Waals surface area contributed by atoms with E-state index in [0.29, 0.717) is 0 Å². The van der Waals surface area contributed by atoms with E-state index in [1.54, 1.807) is 10.4 Å². The standard InChI is InChI=1S/C15H17NSi/c1-16-12-8-4-6-10-14(12)17(2,3)15-11-7-5-9-13(15)16/h4-11H,1-3H3. The topological polar surface area (TPSA) is 3.24 Å². The fourth-order valence-electron chi connectivity index (χ4n) is 2.86. The Hall–Kier alpha value is -1.54. The zero-order valence-electron chi connectivity index (χ0n) is 10.6. The van der Waals surface area contributed by atoms with Gasteiger partial charge in [0, 0.05) is 18.4 Å². The molecule has 86 valence electrons. The van der Waals surface area contributed by atoms with Crippen molar-refractivity contribution in [2.45, 2.75) is 13.1 Å². The first-order valence-corrected chi connectivity index (χ1v) is 9.05. The Labute approximate surface area is 104 Å². The lowest BCUT2D eigenvalue weighted by Gasteiger charge is -2.39. The summed E-state index contributed by atoms with van der Waals surface area (Å²) in [6.45, 7) is 4.88. The highest BCUT2D eigenvalue weighted by atomic mass is 28.3. The third kappa shape index (κ3) is 1.37. The quantitative estimate of drug-likeness (QED) is 0.639. The van der Waals surface area contributed by atoms with Gasteiger partial charge < -0.3 is 4.90 Å². The van der Waals surface area contributed by atoms with E-state index in [9.17, 15) is 0 Å². The van der Waals surface area contributed by atoms with Gasteiger partial charge in [0.1, 0.15) is 8.07 Å². The minimum absolute atomic E-state index is 1.38. The van der Waals surface area contributed by atoms with Gasteiger partial charge in [-0.15, -0.1) is 0 Å². The van der Waals surface area contributed by atoms with E-state index in [-0.39, 0.29) is 0 Å². The maximum absolute atomic E-state index is 2.44. The Morgan fingerprint density at radius 2 is 1.18 bits per heavy atom. The monoisotopic (exact) mass is 239 g/mol. The van der Waals surface area contributed by atoms with Gasteiger partial charge in [0.25, 0.3) is 0 Å². The van der Waals surface area contributed by atoms with Crippen LogP contribution in [-0.2, 0) is 0 Å². The van der Waals surface area contributed by atoms with Gasteiger partial charge in [-0.25, -0.2) is 0 Å². The summed E-state index contributed by atoms with van der Waals surface area (Å²) in [5.41, 5.74) is 2.76. The summed E-state index contributed by atoms with van der Waals surface area (Å²) in [4.78, 5) is 2.32. The predicted octanol–water partition coefficient (Wildman–Crippen LogP) is 2.59. The SMILES string of the molecule is CN1c2ccccc2[Si](C)(C)c2ccccc21. The molecule has 1 aliphatic heterocycles. The van der Waals surface area contributed by atoms with E-state index in [4.69, 9.17) is 0 Å². The maximum atomic E-state index is 2.44. The number of hydrogen-bond donors (Lipinski definition) is 0. The molecular formula is C15H17NSi. The van der Waals surface area contributed by atoms with Crippen LogP contribution in [0.5, 0.6) is 0 Å². The summed E-state index contributed by atoms with van der Waals surface area (Å²) in [5, 5.41) is 3.09. The fourth-order valence-corrected chi connectivity index (χ4v) is 5.96. The molecule has 0 amide bonds. The van der Waals surface area contributed by atoms with Gasteiger partial charge in [-0.3, -0.25) is 0 Å². The highest BCUT2D eigenvalue weighted by Gasteiger charge is 2.36. The number of nitrogens with zero attached hydrogens (tertiary/aromatic N) is 1. The van der Waals surface area contributed by atoms with E-state index in [2.05, 4.69) is 73.6 Å². The third-order valence-corrected chi connectivity index (χ3v) is 7.42. The Morgan fingerprint density at radius 3 is 1.65 bits per heavy atom. The number of hydrogen-bond acceptors (Lipinski definition) is 1. The molecule has 2 aromatic rings. The van der Waals surface area contributed by atoms with Crippen molar-refractivity contribution in [3.8, 4) is 0 Å². The first-order valence-electron chi connectivity index (χ1n) is 6.05. The Morgan fingerprint density at radius 1 is 0.765 bits per heavy atom. The second-order valence-corrected chi connectivity index (χ2v) is 9.55. The van der Waals surface area contributed by atoms with E-state index < -0.39 is 8.07 Å². The summed E-state index contributed by atoms with van der Waals surface area (Å²) in [7, 11) is 0.653. The van der Waals surface area contributed by atoms with Crippen LogP contribution in [0.2, 0.25) is 13.1 Å². The molecule has 3 rings (SSSR count). The van der Waals surface area contributed by atoms with Crippen LogP contribution in [-0.4, -0.2) is 15.1 Å². The van der Waals surface area contributed by atoms with Gasteiger partial charge in [0.05, 0.1) is 0 Å². The Balaban J connectivity index is 2.34. The molecule has 0 spiro atoms. The molecule has 0 atom stereocenters. The van der Waals surface area contributed by atoms with Crippen LogP contribution in [0.3, 0.4) is 0 Å². The molecule has 2 aromatic carbocycles. The maximum Gasteiger partial charge on any atom is 0.117 e. The molecule has 0 unspecified atom stereocenters. The molecule has 0 aromatic heterocycles. The lowest BCUT2D eigenvalue weighted by Crippen LogP contribution is -2.58. The molecule has 0 radical (unpaired) electrons. The van der Waals surface area contributed by atoms with Crippen molar-refractivity contribution in [1.82, 2.24) is 0 Å². The van der Waals surface area contributed by atoms with Crippen LogP contribution < -0.4 is 15.3 Å². The lowest BCUT2D eigenvalue weighted by molar-refractivity contribution is 1.21. The first-order chi connectivity index (χ1) is 8.12. The Bertz CT molecular complexity index is 525. The fraction of sp³-hybridized carbons (Fsp3) is 0.200. The van der Waals surface area contributed by atoms with Gasteiger partial charge in [-0.1, -0.05) is 49.5 Å². The molecule has 1 heterocycles. The average molecular weight is 239 g/mol. The van der Waals surface area contributed by atoms with Gasteiger partial charge >= 0.3 is 0 Å². The van der Waals surface area contributed by atoms with Crippen molar-refractivity contribution >= 4 is 29.8 Å². The molecule has 1 aliphatic rings. The van der Waals surface area contributed by atoms with E-state index in [0.717, 1.165) is 0 Å². The van der Waals surface area contributed by atoms with E-state index >= 15 is 0 Å². The van der Waals surface area contributed by atoms with E-state index in [1.165, 1.54) is 11.4 Å². The summed E-state index contributed by atoms with van der Waals surface area (Å²) < 4.78 is 0. The number of benzene rings is 2. The van der Waals surface area contributed by atoms with Crippen LogP contribution in [0.25, 0.3) is 0 Å². The van der Waals surface area contributed by atoms with Crippen LogP contribution >= 0.6 is 0 Å². The molecule has 0 aliphatic carbocycles. The van der Waals surface area contributed by atoms with Crippen LogP contribution in [0.15, 0.2) is 48.5 Å². The molecule has 17 heavy (non-hydrogen) atoms. The molecule has 2 heteroatoms. The van der Waals surface area contributed by atoms with Crippen molar-refractivity contribution in [2.75, 3.05) is 11.9 Å². The van der Waals surface area contributed by atoms with Crippen molar-refractivity contribution in [3.05, 3.63) is 48.5 Å². The summed E-state index contributed by atoms with van der Waals surface area (Å²) in [5.74, 6) is 0.